The summed E-state index contributed by atoms with van der Waals surface area (Å²) in [5.41, 5.74) is 1.10. The highest BCUT2D eigenvalue weighted by Crippen LogP contribution is 2.23. The fourth-order valence-corrected chi connectivity index (χ4v) is 2.75. The molecule has 2 aliphatic rings. The average Bonchev–Trinajstić information content (AvgIpc) is 2.69. The predicted octanol–water partition coefficient (Wildman–Crippen LogP) is -0.238. The number of nitrogens with one attached hydrogen (secondary N) is 1. The van der Waals surface area contributed by atoms with Crippen molar-refractivity contribution in [2.75, 3.05) is 26.2 Å². The second-order valence-electron chi connectivity index (χ2n) is 5.39. The van der Waals surface area contributed by atoms with Gasteiger partial charge in [-0.15, -0.1) is 0 Å². The summed E-state index contributed by atoms with van der Waals surface area (Å²) >= 11 is 0. The van der Waals surface area contributed by atoms with E-state index in [1.54, 1.807) is 11.1 Å². The van der Waals surface area contributed by atoms with Crippen molar-refractivity contribution in [2.45, 2.75) is 19.4 Å². The number of nitrogens with zero attached hydrogens (tertiary/aromatic N) is 3. The quantitative estimate of drug-likeness (QED) is 0.772. The van der Waals surface area contributed by atoms with Gasteiger partial charge in [-0.25, -0.2) is 4.98 Å². The van der Waals surface area contributed by atoms with Gasteiger partial charge < -0.3 is 15.0 Å². The van der Waals surface area contributed by atoms with Crippen molar-refractivity contribution in [2.24, 2.45) is 5.92 Å². The Morgan fingerprint density at radius 2 is 2.29 bits per heavy atom. The number of ether oxygens (including phenoxy) is 1. The van der Waals surface area contributed by atoms with Crippen molar-refractivity contribution in [1.29, 1.82) is 0 Å². The third-order valence-electron chi connectivity index (χ3n) is 3.92. The number of carbonyl (C=O) groups excluding carboxylic acids is 2. The molecule has 112 valence electrons. The normalized spacial score (nSPS) is 25.8. The molecule has 3 rings (SSSR count). The summed E-state index contributed by atoms with van der Waals surface area (Å²) in [6.07, 6.45) is 3.45. The molecule has 2 saturated heterocycles. The number of hydrogen-bond acceptors (Lipinski definition) is 5. The largest absolute Gasteiger partial charge is 0.374 e. The van der Waals surface area contributed by atoms with E-state index in [1.807, 2.05) is 6.92 Å². The van der Waals surface area contributed by atoms with Crippen LogP contribution in [0.2, 0.25) is 0 Å². The lowest BCUT2D eigenvalue weighted by molar-refractivity contribution is -0.129. The number of hydrogen-bond donors (Lipinski definition) is 1. The lowest BCUT2D eigenvalue weighted by atomic mass is 9.93. The molecule has 3 heterocycles. The van der Waals surface area contributed by atoms with E-state index < -0.39 is 0 Å². The van der Waals surface area contributed by atoms with Gasteiger partial charge in [0.05, 0.1) is 30.5 Å². The molecule has 0 spiro atoms. The molecule has 0 saturated carbocycles. The van der Waals surface area contributed by atoms with Crippen LogP contribution in [-0.2, 0) is 9.53 Å². The Labute approximate surface area is 122 Å². The van der Waals surface area contributed by atoms with Crippen molar-refractivity contribution in [3.05, 3.63) is 23.8 Å². The van der Waals surface area contributed by atoms with Gasteiger partial charge >= 0.3 is 0 Å². The first-order chi connectivity index (χ1) is 10.1. The summed E-state index contributed by atoms with van der Waals surface area (Å²) in [6.45, 7) is 3.80. The van der Waals surface area contributed by atoms with Crippen LogP contribution in [0.1, 0.15) is 22.6 Å². The Bertz CT molecular complexity index is 546. The van der Waals surface area contributed by atoms with Gasteiger partial charge in [-0.05, 0) is 13.3 Å². The van der Waals surface area contributed by atoms with E-state index >= 15 is 0 Å². The molecule has 0 aromatic carbocycles. The third-order valence-corrected chi connectivity index (χ3v) is 3.92. The van der Waals surface area contributed by atoms with E-state index in [2.05, 4.69) is 15.3 Å². The summed E-state index contributed by atoms with van der Waals surface area (Å²) in [4.78, 5) is 34.2. The molecule has 2 fully saturated rings. The zero-order valence-electron chi connectivity index (χ0n) is 11.9. The second-order valence-corrected chi connectivity index (χ2v) is 5.39. The van der Waals surface area contributed by atoms with Crippen molar-refractivity contribution in [3.63, 3.8) is 0 Å². The van der Waals surface area contributed by atoms with Crippen LogP contribution in [0.5, 0.6) is 0 Å². The fraction of sp³-hybridized carbons (Fsp3) is 0.571. The van der Waals surface area contributed by atoms with Crippen LogP contribution in [0, 0.1) is 12.8 Å². The summed E-state index contributed by atoms with van der Waals surface area (Å²) < 4.78 is 5.70. The Kier molecular flexibility index (Phi) is 3.83. The molecule has 2 amide bonds. The van der Waals surface area contributed by atoms with E-state index in [0.717, 1.165) is 5.69 Å². The maximum Gasteiger partial charge on any atom is 0.274 e. The van der Waals surface area contributed by atoms with Gasteiger partial charge in [0.25, 0.3) is 5.91 Å². The van der Waals surface area contributed by atoms with Gasteiger partial charge in [0.15, 0.2) is 0 Å². The van der Waals surface area contributed by atoms with Crippen LogP contribution in [0.25, 0.3) is 0 Å². The monoisotopic (exact) mass is 290 g/mol. The topological polar surface area (TPSA) is 84.4 Å². The SMILES string of the molecule is Cc1cnc(C(=O)N2CC[C@H]3C(=O)NCCO[C@H]3C2)cn1. The maximum atomic E-state index is 12.4. The minimum Gasteiger partial charge on any atom is -0.374 e. The molecule has 1 aromatic heterocycles. The van der Waals surface area contributed by atoms with Gasteiger partial charge in [0.1, 0.15) is 5.69 Å². The Balaban J connectivity index is 1.72. The van der Waals surface area contributed by atoms with E-state index in [-0.39, 0.29) is 23.8 Å². The van der Waals surface area contributed by atoms with Gasteiger partial charge in [-0.1, -0.05) is 0 Å². The molecule has 2 atom stereocenters. The minimum absolute atomic E-state index is 0.0275. The summed E-state index contributed by atoms with van der Waals surface area (Å²) in [5.74, 6) is -0.297. The highest BCUT2D eigenvalue weighted by molar-refractivity contribution is 5.92. The molecule has 0 unspecified atom stereocenters. The van der Waals surface area contributed by atoms with Crippen LogP contribution >= 0.6 is 0 Å². The van der Waals surface area contributed by atoms with Crippen LogP contribution in [-0.4, -0.2) is 59.0 Å². The van der Waals surface area contributed by atoms with Crippen LogP contribution in [0.15, 0.2) is 12.4 Å². The number of aromatic nitrogens is 2. The minimum atomic E-state index is -0.233. The van der Waals surface area contributed by atoms with Crippen molar-refractivity contribution in [1.82, 2.24) is 20.2 Å². The van der Waals surface area contributed by atoms with Gasteiger partial charge in [0, 0.05) is 25.8 Å². The molecule has 1 N–H and O–H groups in total. The molecule has 1 aromatic rings. The summed E-state index contributed by atoms with van der Waals surface area (Å²) in [5, 5.41) is 2.84. The number of aryl methyl sites for hydroxylation is 1. The molecule has 7 nitrogen and oxygen atoms in total. The lowest BCUT2D eigenvalue weighted by Crippen LogP contribution is -2.50. The van der Waals surface area contributed by atoms with E-state index in [9.17, 15) is 9.59 Å². The van der Waals surface area contributed by atoms with Gasteiger partial charge in [0.2, 0.25) is 5.91 Å². The Morgan fingerprint density at radius 1 is 1.43 bits per heavy atom. The molecular formula is C14H18N4O3. The Morgan fingerprint density at radius 3 is 3.05 bits per heavy atom. The van der Waals surface area contributed by atoms with Crippen molar-refractivity contribution in [3.8, 4) is 0 Å². The zero-order valence-corrected chi connectivity index (χ0v) is 11.9. The lowest BCUT2D eigenvalue weighted by Gasteiger charge is -2.35. The summed E-state index contributed by atoms with van der Waals surface area (Å²) in [6, 6.07) is 0. The van der Waals surface area contributed by atoms with E-state index in [4.69, 9.17) is 4.74 Å². The first kappa shape index (κ1) is 13.9. The fourth-order valence-electron chi connectivity index (χ4n) is 2.75. The number of piperidine rings is 1. The highest BCUT2D eigenvalue weighted by atomic mass is 16.5. The standard InChI is InChI=1S/C14H18N4O3/c1-9-6-17-11(7-16-9)14(20)18-4-2-10-12(8-18)21-5-3-15-13(10)19/h6-7,10,12H,2-5,8H2,1H3,(H,15,19)/t10-,12+/m1/s1. The number of amides is 2. The first-order valence-electron chi connectivity index (χ1n) is 7.12. The van der Waals surface area contributed by atoms with E-state index in [1.165, 1.54) is 6.20 Å². The molecular weight excluding hydrogens is 272 g/mol. The van der Waals surface area contributed by atoms with Crippen LogP contribution in [0.4, 0.5) is 0 Å². The van der Waals surface area contributed by atoms with Crippen molar-refractivity contribution < 1.29 is 14.3 Å². The average molecular weight is 290 g/mol. The van der Waals surface area contributed by atoms with Crippen molar-refractivity contribution >= 4 is 11.8 Å². The van der Waals surface area contributed by atoms with Crippen LogP contribution < -0.4 is 5.32 Å². The molecule has 0 bridgehead atoms. The molecule has 0 aliphatic carbocycles. The number of likely N-dealkylation sites (tertiary alicyclic amines) is 1. The smallest absolute Gasteiger partial charge is 0.274 e. The Hall–Kier alpha value is -2.02. The maximum absolute atomic E-state index is 12.4. The molecule has 21 heavy (non-hydrogen) atoms. The second kappa shape index (κ2) is 5.77. The number of carbonyl (C=O) groups is 2. The van der Waals surface area contributed by atoms with E-state index in [0.29, 0.717) is 38.4 Å². The first-order valence-corrected chi connectivity index (χ1v) is 7.12. The molecule has 7 heteroatoms. The van der Waals surface area contributed by atoms with Gasteiger partial charge in [-0.3, -0.25) is 14.6 Å². The molecule has 0 radical (unpaired) electrons. The highest BCUT2D eigenvalue weighted by Gasteiger charge is 2.38. The summed E-state index contributed by atoms with van der Waals surface area (Å²) in [7, 11) is 0. The van der Waals surface area contributed by atoms with Gasteiger partial charge in [-0.2, -0.15) is 0 Å². The zero-order chi connectivity index (χ0) is 14.8. The predicted molar refractivity (Wildman–Crippen MR) is 73.5 cm³/mol. The third kappa shape index (κ3) is 2.87. The van der Waals surface area contributed by atoms with Crippen LogP contribution in [0.3, 0.4) is 0 Å². The number of fused-ring (bicyclic) bond motifs is 1. The number of rotatable bonds is 1. The molecule has 2 aliphatic heterocycles.